The molecule has 168 valence electrons. The lowest BCUT2D eigenvalue weighted by Crippen LogP contribution is -2.41. The van der Waals surface area contributed by atoms with Crippen LogP contribution in [0.25, 0.3) is 11.0 Å². The van der Waals surface area contributed by atoms with Crippen molar-refractivity contribution in [3.05, 3.63) is 34.0 Å². The Hall–Kier alpha value is -2.48. The minimum atomic E-state index is -0.649. The highest BCUT2D eigenvalue weighted by Gasteiger charge is 2.29. The van der Waals surface area contributed by atoms with E-state index in [2.05, 4.69) is 22.1 Å². The van der Waals surface area contributed by atoms with Crippen LogP contribution >= 0.6 is 0 Å². The van der Waals surface area contributed by atoms with E-state index < -0.39 is 11.7 Å². The van der Waals surface area contributed by atoms with E-state index in [9.17, 15) is 18.8 Å². The van der Waals surface area contributed by atoms with Crippen molar-refractivity contribution in [2.24, 2.45) is 11.8 Å². The Balaban J connectivity index is 1.43. The first kappa shape index (κ1) is 21.7. The van der Waals surface area contributed by atoms with Crippen molar-refractivity contribution in [3.8, 4) is 0 Å². The number of aromatic amines is 1. The quantitative estimate of drug-likeness (QED) is 0.764. The van der Waals surface area contributed by atoms with Gasteiger partial charge in [-0.05, 0) is 37.7 Å². The Morgan fingerprint density at radius 2 is 1.81 bits per heavy atom. The number of hydrogen-bond donors (Lipinski definition) is 2. The lowest BCUT2D eigenvalue weighted by molar-refractivity contribution is -0.125. The summed E-state index contributed by atoms with van der Waals surface area (Å²) in [5.74, 6) is 0.0930. The number of imidazole rings is 1. The van der Waals surface area contributed by atoms with Gasteiger partial charge in [0.2, 0.25) is 0 Å². The van der Waals surface area contributed by atoms with Crippen molar-refractivity contribution >= 4 is 22.7 Å². The molecule has 2 N–H and O–H groups in total. The number of rotatable bonds is 5. The number of halogens is 1. The molecule has 1 aliphatic heterocycles. The molecule has 0 radical (unpaired) electrons. The molecule has 1 aliphatic carbocycles. The van der Waals surface area contributed by atoms with E-state index in [1.165, 1.54) is 19.2 Å². The molecule has 0 unspecified atom stereocenters. The molecule has 8 heteroatoms. The van der Waals surface area contributed by atoms with Gasteiger partial charge in [-0.2, -0.15) is 0 Å². The number of nitrogens with one attached hydrogen (secondary N) is 2. The zero-order valence-electron chi connectivity index (χ0n) is 18.2. The molecule has 0 atom stereocenters. The number of amides is 1. The smallest absolute Gasteiger partial charge is 0.326 e. The van der Waals surface area contributed by atoms with Gasteiger partial charge in [-0.3, -0.25) is 19.1 Å². The molecular formula is C23H31FN4O3. The molecule has 31 heavy (non-hydrogen) atoms. The van der Waals surface area contributed by atoms with Crippen LogP contribution in [0.1, 0.15) is 61.8 Å². The number of likely N-dealkylation sites (tertiary alicyclic amines) is 1. The molecule has 0 bridgehead atoms. The molecule has 2 fully saturated rings. The maximum absolute atomic E-state index is 14.5. The monoisotopic (exact) mass is 430 g/mol. The number of Topliss-reactive ketones (excluding diaryl/α,β-unsaturated/α-hetero) is 1. The number of aromatic nitrogens is 2. The van der Waals surface area contributed by atoms with E-state index in [-0.39, 0.29) is 23.2 Å². The number of carbonyl (C=O) groups excluding carboxylic acids is 2. The zero-order valence-corrected chi connectivity index (χ0v) is 18.2. The van der Waals surface area contributed by atoms with E-state index in [4.69, 9.17) is 0 Å². The SMILES string of the molecule is CNC(=O)c1cc2[nH]c(=O)n(C3CCN(CC(=O)C4CCC(C)CC4)CC3)c2cc1F. The van der Waals surface area contributed by atoms with Crippen LogP contribution in [-0.4, -0.2) is 52.8 Å². The molecule has 2 heterocycles. The largest absolute Gasteiger partial charge is 0.355 e. The van der Waals surface area contributed by atoms with Gasteiger partial charge in [0.05, 0.1) is 23.1 Å². The summed E-state index contributed by atoms with van der Waals surface area (Å²) < 4.78 is 16.1. The maximum atomic E-state index is 14.5. The molecule has 2 aromatic rings. The van der Waals surface area contributed by atoms with Crippen molar-refractivity contribution in [1.29, 1.82) is 0 Å². The molecule has 1 amide bonds. The summed E-state index contributed by atoms with van der Waals surface area (Å²) >= 11 is 0. The van der Waals surface area contributed by atoms with Crippen molar-refractivity contribution in [3.63, 3.8) is 0 Å². The molecular weight excluding hydrogens is 399 g/mol. The van der Waals surface area contributed by atoms with Crippen LogP contribution in [0.3, 0.4) is 0 Å². The first-order valence-corrected chi connectivity index (χ1v) is 11.3. The van der Waals surface area contributed by atoms with Crippen molar-refractivity contribution < 1.29 is 14.0 Å². The average molecular weight is 431 g/mol. The number of piperidine rings is 1. The fourth-order valence-electron chi connectivity index (χ4n) is 5.09. The lowest BCUT2D eigenvalue weighted by atomic mass is 9.81. The Bertz CT molecular complexity index is 1030. The highest BCUT2D eigenvalue weighted by atomic mass is 19.1. The third kappa shape index (κ3) is 4.44. The normalized spacial score (nSPS) is 23.2. The summed E-state index contributed by atoms with van der Waals surface area (Å²) in [6.07, 6.45) is 5.73. The zero-order chi connectivity index (χ0) is 22.1. The van der Waals surface area contributed by atoms with Gasteiger partial charge in [0.1, 0.15) is 11.6 Å². The van der Waals surface area contributed by atoms with E-state index in [0.29, 0.717) is 23.4 Å². The maximum Gasteiger partial charge on any atom is 0.326 e. The third-order valence-corrected chi connectivity index (χ3v) is 7.05. The lowest BCUT2D eigenvalue weighted by Gasteiger charge is -2.33. The highest BCUT2D eigenvalue weighted by molar-refractivity contribution is 5.97. The van der Waals surface area contributed by atoms with Crippen LogP contribution in [0, 0.1) is 17.7 Å². The molecule has 2 aliphatic rings. The topological polar surface area (TPSA) is 87.2 Å². The summed E-state index contributed by atoms with van der Waals surface area (Å²) in [5, 5.41) is 2.41. The second-order valence-electron chi connectivity index (χ2n) is 9.16. The standard InChI is InChI=1S/C23H31FN4O3/c1-14-3-5-15(6-4-14)21(29)13-27-9-7-16(8-10-27)28-20-12-18(24)17(22(30)25-2)11-19(20)26-23(28)31/h11-12,14-16H,3-10,13H2,1-2H3,(H,25,30)(H,26,31). The van der Waals surface area contributed by atoms with Crippen molar-refractivity contribution in [2.45, 2.75) is 51.5 Å². The molecule has 7 nitrogen and oxygen atoms in total. The van der Waals surface area contributed by atoms with Gasteiger partial charge in [-0.15, -0.1) is 0 Å². The van der Waals surface area contributed by atoms with Gasteiger partial charge in [0.15, 0.2) is 0 Å². The Morgan fingerprint density at radius 1 is 1.13 bits per heavy atom. The third-order valence-electron chi connectivity index (χ3n) is 7.05. The number of benzene rings is 1. The second-order valence-corrected chi connectivity index (χ2v) is 9.16. The summed E-state index contributed by atoms with van der Waals surface area (Å²) in [7, 11) is 1.44. The Morgan fingerprint density at radius 3 is 2.45 bits per heavy atom. The van der Waals surface area contributed by atoms with E-state index in [1.807, 2.05) is 0 Å². The van der Waals surface area contributed by atoms with Crippen LogP contribution in [0.4, 0.5) is 4.39 Å². The number of hydrogen-bond acceptors (Lipinski definition) is 4. The molecule has 0 spiro atoms. The van der Waals surface area contributed by atoms with E-state index in [0.717, 1.165) is 57.5 Å². The molecule has 1 aromatic heterocycles. The number of H-pyrrole nitrogens is 1. The molecule has 1 aromatic carbocycles. The predicted molar refractivity (Wildman–Crippen MR) is 117 cm³/mol. The van der Waals surface area contributed by atoms with Gasteiger partial charge in [-0.1, -0.05) is 19.8 Å². The average Bonchev–Trinajstić information content (AvgIpc) is 3.08. The van der Waals surface area contributed by atoms with Crippen LogP contribution in [0.15, 0.2) is 16.9 Å². The number of fused-ring (bicyclic) bond motifs is 1. The van der Waals surface area contributed by atoms with E-state index >= 15 is 0 Å². The van der Waals surface area contributed by atoms with Gasteiger partial charge in [-0.25, -0.2) is 9.18 Å². The van der Waals surface area contributed by atoms with Crippen LogP contribution in [0.5, 0.6) is 0 Å². The number of carbonyl (C=O) groups is 2. The summed E-state index contributed by atoms with van der Waals surface area (Å²) in [5.41, 5.74) is 0.540. The second kappa shape index (κ2) is 8.94. The first-order chi connectivity index (χ1) is 14.9. The van der Waals surface area contributed by atoms with Crippen LogP contribution < -0.4 is 11.0 Å². The fourth-order valence-corrected chi connectivity index (χ4v) is 5.09. The predicted octanol–water partition coefficient (Wildman–Crippen LogP) is 2.86. The summed E-state index contributed by atoms with van der Waals surface area (Å²) in [6.45, 7) is 4.21. The highest BCUT2D eigenvalue weighted by Crippen LogP contribution is 2.30. The van der Waals surface area contributed by atoms with Crippen molar-refractivity contribution in [1.82, 2.24) is 19.8 Å². The summed E-state index contributed by atoms with van der Waals surface area (Å²) in [6, 6.07) is 2.59. The minimum absolute atomic E-state index is 0.0617. The van der Waals surface area contributed by atoms with Gasteiger partial charge in [0.25, 0.3) is 5.91 Å². The number of nitrogens with zero attached hydrogens (tertiary/aromatic N) is 2. The van der Waals surface area contributed by atoms with Crippen LogP contribution in [-0.2, 0) is 4.79 Å². The molecule has 4 rings (SSSR count). The van der Waals surface area contributed by atoms with Crippen molar-refractivity contribution in [2.75, 3.05) is 26.7 Å². The van der Waals surface area contributed by atoms with Gasteiger partial charge in [0, 0.05) is 38.2 Å². The fraction of sp³-hybridized carbons (Fsp3) is 0.609. The molecule has 1 saturated heterocycles. The van der Waals surface area contributed by atoms with Gasteiger partial charge < -0.3 is 10.3 Å². The minimum Gasteiger partial charge on any atom is -0.355 e. The number of ketones is 1. The first-order valence-electron chi connectivity index (χ1n) is 11.3. The van der Waals surface area contributed by atoms with Gasteiger partial charge >= 0.3 is 5.69 Å². The Kier molecular flexibility index (Phi) is 6.27. The van der Waals surface area contributed by atoms with Crippen LogP contribution in [0.2, 0.25) is 0 Å². The van der Waals surface area contributed by atoms with E-state index in [1.54, 1.807) is 4.57 Å². The molecule has 1 saturated carbocycles. The summed E-state index contributed by atoms with van der Waals surface area (Å²) in [4.78, 5) is 42.1. The Labute approximate surface area is 181 Å².